The average Bonchev–Trinajstić information content (AvgIpc) is 3.54. The maximum absolute atomic E-state index is 5.35. The second kappa shape index (κ2) is 10.9. The minimum Gasteiger partial charge on any atom is -0.379 e. The summed E-state index contributed by atoms with van der Waals surface area (Å²) in [6, 6.07) is 4.96. The second-order valence-electron chi connectivity index (χ2n) is 9.14. The van der Waals surface area contributed by atoms with Crippen molar-refractivity contribution in [3.8, 4) is 10.6 Å². The number of rotatable bonds is 3. The molecule has 3 aromatic rings. The minimum absolute atomic E-state index is 0.615. The Kier molecular flexibility index (Phi) is 7.48. The summed E-state index contributed by atoms with van der Waals surface area (Å²) < 4.78 is 5.35. The van der Waals surface area contributed by atoms with Crippen LogP contribution in [-0.4, -0.2) is 65.3 Å². The van der Waals surface area contributed by atoms with Gasteiger partial charge >= 0.3 is 0 Å². The van der Waals surface area contributed by atoms with Crippen molar-refractivity contribution in [2.24, 2.45) is 0 Å². The molecule has 0 bridgehead atoms. The van der Waals surface area contributed by atoms with Crippen LogP contribution in [0.2, 0.25) is 0 Å². The zero-order valence-corrected chi connectivity index (χ0v) is 19.7. The molecular weight excluding hydrogens is 418 g/mol. The number of nitrogens with one attached hydrogen (secondary N) is 2. The van der Waals surface area contributed by atoms with E-state index in [1.807, 2.05) is 18.5 Å². The summed E-state index contributed by atoms with van der Waals surface area (Å²) >= 11 is 1.74. The third kappa shape index (κ3) is 5.22. The number of morpholine rings is 1. The fourth-order valence-electron chi connectivity index (χ4n) is 5.24. The van der Waals surface area contributed by atoms with Gasteiger partial charge in [-0.15, -0.1) is 11.3 Å². The maximum Gasteiger partial charge on any atom is 0.137 e. The topological polar surface area (TPSA) is 66.1 Å². The third-order valence-corrected chi connectivity index (χ3v) is 7.99. The van der Waals surface area contributed by atoms with Gasteiger partial charge in [-0.05, 0) is 50.9 Å². The number of H-pyrrole nitrogens is 1. The van der Waals surface area contributed by atoms with Gasteiger partial charge in [0, 0.05) is 53.8 Å². The van der Waals surface area contributed by atoms with Crippen molar-refractivity contribution >= 4 is 22.4 Å². The van der Waals surface area contributed by atoms with Gasteiger partial charge in [-0.2, -0.15) is 0 Å². The van der Waals surface area contributed by atoms with E-state index in [9.17, 15) is 0 Å². The van der Waals surface area contributed by atoms with Crippen molar-refractivity contribution in [1.82, 2.24) is 25.2 Å². The summed E-state index contributed by atoms with van der Waals surface area (Å²) in [7, 11) is 0. The smallest absolute Gasteiger partial charge is 0.137 e. The number of fused-ring (bicyclic) bond motifs is 1. The lowest BCUT2D eigenvalue weighted by atomic mass is 9.94. The highest BCUT2D eigenvalue weighted by Gasteiger charge is 2.22. The maximum atomic E-state index is 5.35. The summed E-state index contributed by atoms with van der Waals surface area (Å²) in [5.41, 5.74) is 3.35. The Morgan fingerprint density at radius 1 is 1.03 bits per heavy atom. The third-order valence-electron chi connectivity index (χ3n) is 7.10. The standard InChI is InChI=1S/C15H16N4S.C10H19NO/c1-2-11-12(8-18-14(11)17-5-1)15-19-13(9-20-15)10-3-6-16-7-4-10;1-2-4-10(5-3-1)11-6-8-12-9-7-11/h1-2,5,8-10,16H,3-4,6-7H2,(H,17,18);10H,1-9H2. The Labute approximate surface area is 194 Å². The molecule has 6 nitrogen and oxygen atoms in total. The van der Waals surface area contributed by atoms with Gasteiger partial charge in [0.2, 0.25) is 0 Å². The van der Waals surface area contributed by atoms with Crippen LogP contribution >= 0.6 is 11.3 Å². The number of pyridine rings is 1. The van der Waals surface area contributed by atoms with Crippen molar-refractivity contribution in [1.29, 1.82) is 0 Å². The first-order valence-corrected chi connectivity index (χ1v) is 13.2. The lowest BCUT2D eigenvalue weighted by molar-refractivity contribution is 0.00858. The number of hydrogen-bond donors (Lipinski definition) is 2. The van der Waals surface area contributed by atoms with Gasteiger partial charge in [-0.1, -0.05) is 19.3 Å². The largest absolute Gasteiger partial charge is 0.379 e. The molecule has 3 fully saturated rings. The van der Waals surface area contributed by atoms with E-state index in [0.29, 0.717) is 5.92 Å². The number of aromatic amines is 1. The Hall–Kier alpha value is -1.80. The Morgan fingerprint density at radius 2 is 1.84 bits per heavy atom. The zero-order valence-electron chi connectivity index (χ0n) is 18.9. The van der Waals surface area contributed by atoms with Crippen LogP contribution in [0.25, 0.3) is 21.6 Å². The van der Waals surface area contributed by atoms with Crippen molar-refractivity contribution in [2.45, 2.75) is 56.9 Å². The van der Waals surface area contributed by atoms with Gasteiger partial charge in [-0.3, -0.25) is 4.90 Å². The highest BCUT2D eigenvalue weighted by Crippen LogP contribution is 2.33. The molecule has 2 saturated heterocycles. The molecule has 1 aliphatic carbocycles. The number of hydrogen-bond acceptors (Lipinski definition) is 6. The predicted molar refractivity (Wildman–Crippen MR) is 131 cm³/mol. The number of ether oxygens (including phenoxy) is 1. The normalized spacial score (nSPS) is 21.4. The molecule has 2 N–H and O–H groups in total. The van der Waals surface area contributed by atoms with E-state index in [0.717, 1.165) is 48.4 Å². The van der Waals surface area contributed by atoms with E-state index in [-0.39, 0.29) is 0 Å². The molecule has 0 radical (unpaired) electrons. The number of piperidine rings is 1. The molecule has 0 unspecified atom stereocenters. The predicted octanol–water partition coefficient (Wildman–Crippen LogP) is 4.80. The molecule has 3 aliphatic rings. The van der Waals surface area contributed by atoms with Gasteiger partial charge < -0.3 is 15.0 Å². The molecule has 32 heavy (non-hydrogen) atoms. The van der Waals surface area contributed by atoms with Crippen LogP contribution in [0.1, 0.15) is 56.6 Å². The highest BCUT2D eigenvalue weighted by molar-refractivity contribution is 7.13. The summed E-state index contributed by atoms with van der Waals surface area (Å²) in [4.78, 5) is 15.1. The Bertz CT molecular complexity index is 952. The van der Waals surface area contributed by atoms with Crippen LogP contribution in [0, 0.1) is 0 Å². The van der Waals surface area contributed by atoms with Crippen LogP contribution in [0.4, 0.5) is 0 Å². The quantitative estimate of drug-likeness (QED) is 0.596. The molecule has 0 amide bonds. The van der Waals surface area contributed by atoms with E-state index in [1.54, 1.807) is 11.3 Å². The zero-order chi connectivity index (χ0) is 21.6. The van der Waals surface area contributed by atoms with Crippen LogP contribution in [0.5, 0.6) is 0 Å². The fourth-order valence-corrected chi connectivity index (χ4v) is 6.17. The van der Waals surface area contributed by atoms with Gasteiger partial charge in [-0.25, -0.2) is 9.97 Å². The summed E-state index contributed by atoms with van der Waals surface area (Å²) in [5.74, 6) is 0.615. The van der Waals surface area contributed by atoms with Crippen LogP contribution < -0.4 is 5.32 Å². The average molecular weight is 454 g/mol. The molecule has 0 aromatic carbocycles. The van der Waals surface area contributed by atoms with Gasteiger partial charge in [0.25, 0.3) is 0 Å². The molecule has 7 heteroatoms. The fraction of sp³-hybridized carbons (Fsp3) is 0.600. The van der Waals surface area contributed by atoms with E-state index in [4.69, 9.17) is 9.72 Å². The first-order valence-electron chi connectivity index (χ1n) is 12.3. The minimum atomic E-state index is 0.615. The number of aromatic nitrogens is 3. The first kappa shape index (κ1) is 22.0. The van der Waals surface area contributed by atoms with Crippen LogP contribution in [0.15, 0.2) is 29.9 Å². The van der Waals surface area contributed by atoms with Crippen molar-refractivity contribution in [2.75, 3.05) is 39.4 Å². The lowest BCUT2D eigenvalue weighted by Gasteiger charge is -2.36. The van der Waals surface area contributed by atoms with Crippen LogP contribution in [-0.2, 0) is 4.74 Å². The molecule has 2 aliphatic heterocycles. The van der Waals surface area contributed by atoms with Crippen molar-refractivity contribution in [3.05, 3.63) is 35.6 Å². The van der Waals surface area contributed by atoms with Gasteiger partial charge in [0.1, 0.15) is 10.7 Å². The van der Waals surface area contributed by atoms with Crippen molar-refractivity contribution < 1.29 is 4.74 Å². The van der Waals surface area contributed by atoms with E-state index in [1.165, 1.54) is 69.3 Å². The summed E-state index contributed by atoms with van der Waals surface area (Å²) in [6.45, 7) is 6.46. The molecule has 1 saturated carbocycles. The molecule has 172 valence electrons. The van der Waals surface area contributed by atoms with E-state index < -0.39 is 0 Å². The van der Waals surface area contributed by atoms with Gasteiger partial charge in [0.15, 0.2) is 0 Å². The number of thiazole rings is 1. The number of nitrogens with zero attached hydrogens (tertiary/aromatic N) is 3. The molecule has 0 spiro atoms. The molecule has 5 heterocycles. The summed E-state index contributed by atoms with van der Waals surface area (Å²) in [5, 5.41) is 7.87. The van der Waals surface area contributed by atoms with Crippen molar-refractivity contribution in [3.63, 3.8) is 0 Å². The highest BCUT2D eigenvalue weighted by atomic mass is 32.1. The van der Waals surface area contributed by atoms with E-state index >= 15 is 0 Å². The SMILES string of the molecule is C1CCC(N2CCOCC2)CC1.c1cnc2[nH]cc(-c3nc(C4CCNCC4)cs3)c2c1. The van der Waals surface area contributed by atoms with E-state index in [2.05, 4.69) is 31.6 Å². The monoisotopic (exact) mass is 453 g/mol. The lowest BCUT2D eigenvalue weighted by Crippen LogP contribution is -2.44. The Balaban J connectivity index is 0.000000154. The Morgan fingerprint density at radius 3 is 2.66 bits per heavy atom. The molecule has 3 aromatic heterocycles. The summed E-state index contributed by atoms with van der Waals surface area (Å²) in [6.07, 6.45) is 13.4. The first-order chi connectivity index (χ1) is 15.9. The van der Waals surface area contributed by atoms with Gasteiger partial charge in [0.05, 0.1) is 18.9 Å². The molecule has 6 rings (SSSR count). The molecular formula is C25H35N5OS. The second-order valence-corrected chi connectivity index (χ2v) is 10.0. The van der Waals surface area contributed by atoms with Crippen LogP contribution in [0.3, 0.4) is 0 Å². The molecule has 0 atom stereocenters.